The van der Waals surface area contributed by atoms with Crippen molar-refractivity contribution >= 4 is 5.91 Å². The number of hydrogen-bond donors (Lipinski definition) is 0. The summed E-state index contributed by atoms with van der Waals surface area (Å²) in [5, 5.41) is 0. The van der Waals surface area contributed by atoms with E-state index in [9.17, 15) is 4.79 Å². The molecule has 124 valence electrons. The molecule has 0 radical (unpaired) electrons. The Morgan fingerprint density at radius 3 is 3.00 bits per heavy atom. The van der Waals surface area contributed by atoms with Gasteiger partial charge in [-0.3, -0.25) is 4.79 Å². The summed E-state index contributed by atoms with van der Waals surface area (Å²) < 4.78 is 7.47. The number of aryl methyl sites for hydroxylation is 3. The van der Waals surface area contributed by atoms with Gasteiger partial charge in [0.15, 0.2) is 12.1 Å². The van der Waals surface area contributed by atoms with Crippen molar-refractivity contribution in [2.45, 2.75) is 58.5 Å². The fourth-order valence-corrected chi connectivity index (χ4v) is 3.33. The molecule has 6 nitrogen and oxygen atoms in total. The third kappa shape index (κ3) is 3.30. The monoisotopic (exact) mass is 316 g/mol. The summed E-state index contributed by atoms with van der Waals surface area (Å²) in [6.07, 6.45) is 10.1. The van der Waals surface area contributed by atoms with Gasteiger partial charge < -0.3 is 13.9 Å². The van der Waals surface area contributed by atoms with Crippen molar-refractivity contribution in [1.29, 1.82) is 0 Å². The summed E-state index contributed by atoms with van der Waals surface area (Å²) in [5.74, 6) is 1.72. The van der Waals surface area contributed by atoms with Crippen molar-refractivity contribution < 1.29 is 9.21 Å². The molecule has 1 atom stereocenters. The highest BCUT2D eigenvalue weighted by Gasteiger charge is 2.30. The van der Waals surface area contributed by atoms with Crippen molar-refractivity contribution in [2.24, 2.45) is 0 Å². The lowest BCUT2D eigenvalue weighted by atomic mass is 9.98. The highest BCUT2D eigenvalue weighted by Crippen LogP contribution is 2.23. The summed E-state index contributed by atoms with van der Waals surface area (Å²) in [4.78, 5) is 23.3. The van der Waals surface area contributed by atoms with Crippen LogP contribution in [0.1, 0.15) is 54.7 Å². The average Bonchev–Trinajstić information content (AvgIpc) is 3.21. The van der Waals surface area contributed by atoms with Gasteiger partial charge >= 0.3 is 0 Å². The van der Waals surface area contributed by atoms with Gasteiger partial charge in [-0.05, 0) is 32.6 Å². The number of carbonyl (C=O) groups excluding carboxylic acids is 1. The van der Waals surface area contributed by atoms with Crippen LogP contribution in [-0.2, 0) is 13.0 Å². The Hall–Kier alpha value is -2.11. The lowest BCUT2D eigenvalue weighted by Gasteiger charge is -2.35. The van der Waals surface area contributed by atoms with E-state index in [1.54, 1.807) is 0 Å². The summed E-state index contributed by atoms with van der Waals surface area (Å²) in [7, 11) is 0. The van der Waals surface area contributed by atoms with Crippen LogP contribution in [0.2, 0.25) is 0 Å². The van der Waals surface area contributed by atoms with E-state index in [-0.39, 0.29) is 11.9 Å². The second-order valence-corrected chi connectivity index (χ2v) is 6.08. The van der Waals surface area contributed by atoms with Crippen LogP contribution in [0.25, 0.3) is 0 Å². The number of carbonyl (C=O) groups is 1. The first-order valence-electron chi connectivity index (χ1n) is 8.41. The molecule has 0 unspecified atom stereocenters. The minimum absolute atomic E-state index is 0.0163. The zero-order chi connectivity index (χ0) is 16.2. The van der Waals surface area contributed by atoms with Crippen molar-refractivity contribution in [3.63, 3.8) is 0 Å². The number of nitrogens with zero attached hydrogens (tertiary/aromatic N) is 4. The van der Waals surface area contributed by atoms with Crippen molar-refractivity contribution in [3.8, 4) is 0 Å². The lowest BCUT2D eigenvalue weighted by Crippen LogP contribution is -2.44. The molecule has 0 N–H and O–H groups in total. The predicted octanol–water partition coefficient (Wildman–Crippen LogP) is 2.83. The van der Waals surface area contributed by atoms with Gasteiger partial charge in [0.1, 0.15) is 11.6 Å². The molecule has 0 spiro atoms. The molecule has 2 aromatic rings. The molecule has 1 aliphatic heterocycles. The van der Waals surface area contributed by atoms with Gasteiger partial charge in [-0.2, -0.15) is 0 Å². The van der Waals surface area contributed by atoms with Gasteiger partial charge in [-0.25, -0.2) is 9.97 Å². The number of amides is 1. The number of piperidine rings is 1. The van der Waals surface area contributed by atoms with E-state index in [2.05, 4.69) is 14.5 Å². The Labute approximate surface area is 136 Å². The van der Waals surface area contributed by atoms with E-state index in [0.717, 1.165) is 38.2 Å². The topological polar surface area (TPSA) is 64.2 Å². The molecule has 0 saturated carbocycles. The van der Waals surface area contributed by atoms with Crippen LogP contribution < -0.4 is 0 Å². The van der Waals surface area contributed by atoms with Crippen LogP contribution in [-0.4, -0.2) is 37.9 Å². The third-order valence-electron chi connectivity index (χ3n) is 4.68. The number of aromatic nitrogens is 3. The maximum absolute atomic E-state index is 12.9. The Kier molecular flexibility index (Phi) is 4.79. The van der Waals surface area contributed by atoms with Crippen LogP contribution in [0, 0.1) is 6.92 Å². The summed E-state index contributed by atoms with van der Waals surface area (Å²) in [6, 6.07) is 0.263. The predicted molar refractivity (Wildman–Crippen MR) is 86.1 cm³/mol. The van der Waals surface area contributed by atoms with Gasteiger partial charge in [0, 0.05) is 37.9 Å². The van der Waals surface area contributed by atoms with Crippen molar-refractivity contribution in [3.05, 3.63) is 36.1 Å². The second-order valence-electron chi connectivity index (χ2n) is 6.08. The van der Waals surface area contributed by atoms with Crippen LogP contribution >= 0.6 is 0 Å². The third-order valence-corrected chi connectivity index (χ3v) is 4.68. The molecule has 6 heteroatoms. The molecule has 2 aromatic heterocycles. The highest BCUT2D eigenvalue weighted by molar-refractivity contribution is 5.93. The Balaban J connectivity index is 1.71. The van der Waals surface area contributed by atoms with E-state index in [1.165, 1.54) is 12.8 Å². The molecule has 1 amide bonds. The maximum atomic E-state index is 12.9. The first kappa shape index (κ1) is 15.8. The molecule has 3 rings (SSSR count). The molecule has 1 saturated heterocycles. The van der Waals surface area contributed by atoms with E-state index in [4.69, 9.17) is 4.42 Å². The van der Waals surface area contributed by atoms with Crippen LogP contribution in [0.3, 0.4) is 0 Å². The lowest BCUT2D eigenvalue weighted by molar-refractivity contribution is 0.0587. The van der Waals surface area contributed by atoms with Crippen molar-refractivity contribution in [1.82, 2.24) is 19.4 Å². The molecule has 1 aliphatic rings. The first-order valence-corrected chi connectivity index (χ1v) is 8.41. The normalized spacial score (nSPS) is 18.3. The van der Waals surface area contributed by atoms with E-state index in [0.29, 0.717) is 17.9 Å². The minimum atomic E-state index is 0.0163. The van der Waals surface area contributed by atoms with E-state index >= 15 is 0 Å². The van der Waals surface area contributed by atoms with Gasteiger partial charge in [-0.15, -0.1) is 0 Å². The zero-order valence-corrected chi connectivity index (χ0v) is 13.9. The van der Waals surface area contributed by atoms with E-state index < -0.39 is 0 Å². The molecule has 0 aliphatic carbocycles. The Morgan fingerprint density at radius 2 is 2.26 bits per heavy atom. The summed E-state index contributed by atoms with van der Waals surface area (Å²) in [5.41, 5.74) is 0.484. The number of oxazole rings is 1. The number of imidazole rings is 1. The first-order chi connectivity index (χ1) is 11.2. The molecule has 1 fully saturated rings. The largest absolute Gasteiger partial charge is 0.448 e. The highest BCUT2D eigenvalue weighted by atomic mass is 16.3. The number of hydrogen-bond acceptors (Lipinski definition) is 4. The Morgan fingerprint density at radius 1 is 1.39 bits per heavy atom. The second kappa shape index (κ2) is 6.98. The number of rotatable bonds is 5. The Bertz CT molecular complexity index is 661. The smallest absolute Gasteiger partial charge is 0.276 e. The van der Waals surface area contributed by atoms with Crippen LogP contribution in [0.5, 0.6) is 0 Å². The fraction of sp³-hybridized carbons (Fsp3) is 0.588. The molecular formula is C17H24N4O2. The van der Waals surface area contributed by atoms with Crippen LogP contribution in [0.4, 0.5) is 0 Å². The standard InChI is InChI=1S/C17H24N4O2/c1-3-15-16(19-12-23-15)17(22)21-9-5-4-6-14(21)7-10-20-11-8-18-13(20)2/h8,11-12,14H,3-7,9-10H2,1-2H3/t14-/m1/s1. The summed E-state index contributed by atoms with van der Waals surface area (Å²) >= 11 is 0. The molecule has 3 heterocycles. The SMILES string of the molecule is CCc1ocnc1C(=O)N1CCCC[C@@H]1CCn1ccnc1C. The van der Waals surface area contributed by atoms with Crippen LogP contribution in [0.15, 0.2) is 23.2 Å². The minimum Gasteiger partial charge on any atom is -0.448 e. The molecule has 0 bridgehead atoms. The van der Waals surface area contributed by atoms with Gasteiger partial charge in [-0.1, -0.05) is 6.92 Å². The number of likely N-dealkylation sites (tertiary alicyclic amines) is 1. The molecule has 0 aromatic carbocycles. The van der Waals surface area contributed by atoms with Gasteiger partial charge in [0.25, 0.3) is 5.91 Å². The quantitative estimate of drug-likeness (QED) is 0.851. The average molecular weight is 316 g/mol. The fourth-order valence-electron chi connectivity index (χ4n) is 3.33. The molecular weight excluding hydrogens is 292 g/mol. The summed E-state index contributed by atoms with van der Waals surface area (Å²) in [6.45, 7) is 5.68. The van der Waals surface area contributed by atoms with Gasteiger partial charge in [0.2, 0.25) is 0 Å². The van der Waals surface area contributed by atoms with Crippen molar-refractivity contribution in [2.75, 3.05) is 6.54 Å². The zero-order valence-electron chi connectivity index (χ0n) is 13.9. The maximum Gasteiger partial charge on any atom is 0.276 e. The van der Waals surface area contributed by atoms with Gasteiger partial charge in [0.05, 0.1) is 0 Å². The molecule has 23 heavy (non-hydrogen) atoms. The van der Waals surface area contributed by atoms with E-state index in [1.807, 2.05) is 31.1 Å².